The fourth-order valence-corrected chi connectivity index (χ4v) is 2.66. The fraction of sp³-hybridized carbons (Fsp3) is 0.400. The molecule has 13 heavy (non-hydrogen) atoms. The lowest BCUT2D eigenvalue weighted by Gasteiger charge is -2.14. The van der Waals surface area contributed by atoms with Gasteiger partial charge in [0.15, 0.2) is 0 Å². The summed E-state index contributed by atoms with van der Waals surface area (Å²) in [6, 6.07) is 6.66. The van der Waals surface area contributed by atoms with Crippen LogP contribution in [0.1, 0.15) is 25.5 Å². The Morgan fingerprint density at radius 2 is 2.08 bits per heavy atom. The summed E-state index contributed by atoms with van der Waals surface area (Å²) < 4.78 is 2.25. The molecule has 1 rings (SSSR count). The molecule has 72 valence electrons. The van der Waals surface area contributed by atoms with Gasteiger partial charge in [-0.15, -0.1) is 0 Å². The summed E-state index contributed by atoms with van der Waals surface area (Å²) in [5, 5.41) is 3.38. The molecule has 0 saturated carbocycles. The van der Waals surface area contributed by atoms with Crippen molar-refractivity contribution >= 4 is 31.9 Å². The molecule has 0 radical (unpaired) electrons. The monoisotopic (exact) mass is 305 g/mol. The van der Waals surface area contributed by atoms with Crippen LogP contribution in [0.2, 0.25) is 0 Å². The average Bonchev–Trinajstić information content (AvgIpc) is 2.04. The highest BCUT2D eigenvalue weighted by Crippen LogP contribution is 2.26. The van der Waals surface area contributed by atoms with Gasteiger partial charge in [0.25, 0.3) is 0 Å². The first kappa shape index (κ1) is 11.2. The molecule has 0 aliphatic rings. The lowest BCUT2D eigenvalue weighted by molar-refractivity contribution is 0.596. The Morgan fingerprint density at radius 1 is 1.38 bits per heavy atom. The van der Waals surface area contributed by atoms with Gasteiger partial charge in [-0.3, -0.25) is 0 Å². The van der Waals surface area contributed by atoms with Gasteiger partial charge in [0.1, 0.15) is 0 Å². The summed E-state index contributed by atoms with van der Waals surface area (Å²) in [5.41, 5.74) is 1.30. The first-order valence-corrected chi connectivity index (χ1v) is 5.92. The van der Waals surface area contributed by atoms with Crippen molar-refractivity contribution in [2.24, 2.45) is 0 Å². The summed E-state index contributed by atoms with van der Waals surface area (Å²) in [7, 11) is 0. The first-order chi connectivity index (χ1) is 6.15. The largest absolute Gasteiger partial charge is 0.310 e. The van der Waals surface area contributed by atoms with E-state index in [1.54, 1.807) is 0 Å². The smallest absolute Gasteiger partial charge is 0.0302 e. The number of nitrogens with one attached hydrogen (secondary N) is 1. The third-order valence-corrected chi connectivity index (χ3v) is 3.12. The maximum absolute atomic E-state index is 3.55. The Hall–Kier alpha value is 0.140. The topological polar surface area (TPSA) is 12.0 Å². The van der Waals surface area contributed by atoms with Crippen molar-refractivity contribution in [2.75, 3.05) is 6.54 Å². The van der Waals surface area contributed by atoms with Gasteiger partial charge in [0, 0.05) is 15.0 Å². The van der Waals surface area contributed by atoms with E-state index in [-0.39, 0.29) is 0 Å². The van der Waals surface area contributed by atoms with Gasteiger partial charge in [-0.05, 0) is 31.2 Å². The number of hydrogen-bond acceptors (Lipinski definition) is 1. The molecule has 0 saturated heterocycles. The molecule has 0 spiro atoms. The molecule has 1 atom stereocenters. The quantitative estimate of drug-likeness (QED) is 0.893. The van der Waals surface area contributed by atoms with Crippen molar-refractivity contribution in [1.82, 2.24) is 5.32 Å². The van der Waals surface area contributed by atoms with Crippen LogP contribution in [-0.2, 0) is 0 Å². The van der Waals surface area contributed by atoms with Gasteiger partial charge in [-0.1, -0.05) is 44.8 Å². The van der Waals surface area contributed by atoms with E-state index in [4.69, 9.17) is 0 Å². The fourth-order valence-electron chi connectivity index (χ4n) is 1.27. The summed E-state index contributed by atoms with van der Waals surface area (Å²) in [5.74, 6) is 0. The number of hydrogen-bond donors (Lipinski definition) is 1. The predicted octanol–water partition coefficient (Wildman–Crippen LogP) is 3.88. The Balaban J connectivity index is 2.88. The molecule has 1 unspecified atom stereocenters. The van der Waals surface area contributed by atoms with E-state index in [0.29, 0.717) is 6.04 Å². The van der Waals surface area contributed by atoms with Crippen LogP contribution in [0, 0.1) is 0 Å². The van der Waals surface area contributed by atoms with E-state index in [1.165, 1.54) is 5.56 Å². The van der Waals surface area contributed by atoms with Crippen LogP contribution in [-0.4, -0.2) is 6.54 Å². The Bertz CT molecular complexity index is 286. The minimum Gasteiger partial charge on any atom is -0.310 e. The van der Waals surface area contributed by atoms with E-state index in [0.717, 1.165) is 15.5 Å². The highest BCUT2D eigenvalue weighted by Gasteiger charge is 2.07. The summed E-state index contributed by atoms with van der Waals surface area (Å²) in [4.78, 5) is 0. The number of benzene rings is 1. The van der Waals surface area contributed by atoms with Gasteiger partial charge in [0.05, 0.1) is 0 Å². The Labute approximate surface area is 96.2 Å². The van der Waals surface area contributed by atoms with Gasteiger partial charge in [0.2, 0.25) is 0 Å². The minimum atomic E-state index is 0.396. The third-order valence-electron chi connectivity index (χ3n) is 1.94. The standard InChI is InChI=1S/C10H13Br2N/c1-3-13-7(2)9-5-4-8(11)6-10(9)12/h4-7,13H,3H2,1-2H3. The number of rotatable bonds is 3. The van der Waals surface area contributed by atoms with E-state index in [1.807, 2.05) is 0 Å². The molecular weight excluding hydrogens is 294 g/mol. The summed E-state index contributed by atoms with van der Waals surface area (Å²) in [6.07, 6.45) is 0. The maximum Gasteiger partial charge on any atom is 0.0302 e. The molecule has 0 aliphatic heterocycles. The Morgan fingerprint density at radius 3 is 2.62 bits per heavy atom. The lowest BCUT2D eigenvalue weighted by atomic mass is 10.1. The van der Waals surface area contributed by atoms with Gasteiger partial charge in [-0.25, -0.2) is 0 Å². The summed E-state index contributed by atoms with van der Waals surface area (Å²) >= 11 is 6.98. The van der Waals surface area contributed by atoms with Gasteiger partial charge in [-0.2, -0.15) is 0 Å². The molecule has 1 nitrogen and oxygen atoms in total. The molecular formula is C10H13Br2N. The average molecular weight is 307 g/mol. The van der Waals surface area contributed by atoms with Gasteiger partial charge >= 0.3 is 0 Å². The molecule has 0 aliphatic carbocycles. The second kappa shape index (κ2) is 5.13. The zero-order chi connectivity index (χ0) is 9.84. The van der Waals surface area contributed by atoms with Crippen molar-refractivity contribution in [3.8, 4) is 0 Å². The van der Waals surface area contributed by atoms with Crippen LogP contribution in [0.15, 0.2) is 27.1 Å². The molecule has 3 heteroatoms. The van der Waals surface area contributed by atoms with Gasteiger partial charge < -0.3 is 5.32 Å². The molecule has 1 aromatic carbocycles. The molecule has 1 aromatic rings. The van der Waals surface area contributed by atoms with E-state index < -0.39 is 0 Å². The van der Waals surface area contributed by atoms with Crippen molar-refractivity contribution in [2.45, 2.75) is 19.9 Å². The second-order valence-corrected chi connectivity index (χ2v) is 4.72. The highest BCUT2D eigenvalue weighted by molar-refractivity contribution is 9.11. The molecule has 0 bridgehead atoms. The SMILES string of the molecule is CCNC(C)c1ccc(Br)cc1Br. The zero-order valence-electron chi connectivity index (χ0n) is 7.77. The van der Waals surface area contributed by atoms with Crippen molar-refractivity contribution in [3.05, 3.63) is 32.7 Å². The Kier molecular flexibility index (Phi) is 4.42. The highest BCUT2D eigenvalue weighted by atomic mass is 79.9. The zero-order valence-corrected chi connectivity index (χ0v) is 10.9. The van der Waals surface area contributed by atoms with Crippen molar-refractivity contribution in [1.29, 1.82) is 0 Å². The lowest BCUT2D eigenvalue weighted by Crippen LogP contribution is -2.17. The van der Waals surface area contributed by atoms with E-state index in [9.17, 15) is 0 Å². The predicted molar refractivity (Wildman–Crippen MR) is 63.9 cm³/mol. The molecule has 1 N–H and O–H groups in total. The first-order valence-electron chi connectivity index (χ1n) is 4.33. The van der Waals surface area contributed by atoms with Crippen LogP contribution in [0.25, 0.3) is 0 Å². The van der Waals surface area contributed by atoms with E-state index >= 15 is 0 Å². The molecule has 0 amide bonds. The van der Waals surface area contributed by atoms with Crippen molar-refractivity contribution in [3.63, 3.8) is 0 Å². The van der Waals surface area contributed by atoms with Crippen LogP contribution < -0.4 is 5.32 Å². The minimum absolute atomic E-state index is 0.396. The summed E-state index contributed by atoms with van der Waals surface area (Å²) in [6.45, 7) is 5.27. The molecule has 0 heterocycles. The van der Waals surface area contributed by atoms with Crippen LogP contribution in [0.3, 0.4) is 0 Å². The normalized spacial score (nSPS) is 12.9. The third kappa shape index (κ3) is 3.08. The van der Waals surface area contributed by atoms with E-state index in [2.05, 4.69) is 69.2 Å². The number of halogens is 2. The molecule has 0 fully saturated rings. The maximum atomic E-state index is 3.55. The van der Waals surface area contributed by atoms with Crippen LogP contribution >= 0.6 is 31.9 Å². The van der Waals surface area contributed by atoms with Crippen LogP contribution in [0.4, 0.5) is 0 Å². The molecule has 0 aromatic heterocycles. The second-order valence-electron chi connectivity index (χ2n) is 2.95. The van der Waals surface area contributed by atoms with Crippen molar-refractivity contribution < 1.29 is 0 Å². The van der Waals surface area contributed by atoms with Crippen LogP contribution in [0.5, 0.6) is 0 Å².